The molecular weight excluding hydrogens is 212 g/mol. The van der Waals surface area contributed by atoms with Crippen LogP contribution >= 0.6 is 0 Å². The van der Waals surface area contributed by atoms with E-state index in [9.17, 15) is 0 Å². The first-order valence-corrected chi connectivity index (χ1v) is 5.25. The minimum Gasteiger partial charge on any atom is -0.368 e. The summed E-state index contributed by atoms with van der Waals surface area (Å²) in [6.07, 6.45) is 5.32. The predicted molar refractivity (Wildman–Crippen MR) is 67.2 cm³/mol. The Kier molecular flexibility index (Phi) is 2.19. The van der Waals surface area contributed by atoms with Crippen molar-refractivity contribution in [2.45, 2.75) is 0 Å². The van der Waals surface area contributed by atoms with Crippen molar-refractivity contribution < 1.29 is 0 Å². The number of nitrogen functional groups attached to an aromatic ring is 1. The van der Waals surface area contributed by atoms with Crippen molar-refractivity contribution in [1.82, 2.24) is 15.0 Å². The Labute approximate surface area is 98.2 Å². The number of fused-ring (bicyclic) bond motifs is 1. The zero-order chi connectivity index (χ0) is 11.7. The molecule has 2 N–H and O–H groups in total. The van der Waals surface area contributed by atoms with E-state index in [-0.39, 0.29) is 0 Å². The molecule has 0 saturated heterocycles. The van der Waals surface area contributed by atoms with Crippen LogP contribution in [-0.4, -0.2) is 15.0 Å². The van der Waals surface area contributed by atoms with Gasteiger partial charge in [-0.15, -0.1) is 0 Å². The maximum Gasteiger partial charge on any atom is 0.220 e. The molecule has 17 heavy (non-hydrogen) atoms. The van der Waals surface area contributed by atoms with Crippen LogP contribution < -0.4 is 5.73 Å². The average molecular weight is 222 g/mol. The number of nitrogens with two attached hydrogens (primary N) is 1. The van der Waals surface area contributed by atoms with Gasteiger partial charge in [-0.3, -0.25) is 4.98 Å². The molecule has 0 unspecified atom stereocenters. The lowest BCUT2D eigenvalue weighted by Crippen LogP contribution is -1.93. The lowest BCUT2D eigenvalue weighted by molar-refractivity contribution is 1.24. The Morgan fingerprint density at radius 3 is 2.76 bits per heavy atom. The van der Waals surface area contributed by atoms with Gasteiger partial charge in [-0.1, -0.05) is 12.1 Å². The van der Waals surface area contributed by atoms with E-state index in [1.54, 1.807) is 12.4 Å². The molecule has 0 aliphatic rings. The molecule has 0 aliphatic heterocycles. The van der Waals surface area contributed by atoms with Crippen molar-refractivity contribution in [3.63, 3.8) is 0 Å². The van der Waals surface area contributed by atoms with E-state index in [4.69, 9.17) is 5.73 Å². The first-order valence-electron chi connectivity index (χ1n) is 5.25. The fourth-order valence-corrected chi connectivity index (χ4v) is 1.76. The fraction of sp³-hybridized carbons (Fsp3) is 0. The number of aromatic nitrogens is 3. The lowest BCUT2D eigenvalue weighted by Gasteiger charge is -2.03. The van der Waals surface area contributed by atoms with Gasteiger partial charge in [0.25, 0.3) is 0 Å². The van der Waals surface area contributed by atoms with Gasteiger partial charge in [-0.2, -0.15) is 0 Å². The number of hydrogen-bond acceptors (Lipinski definition) is 4. The molecule has 3 rings (SSSR count). The third-order valence-electron chi connectivity index (χ3n) is 2.59. The van der Waals surface area contributed by atoms with E-state index in [2.05, 4.69) is 15.0 Å². The molecule has 2 aromatic heterocycles. The molecule has 3 aromatic rings. The average Bonchev–Trinajstić information content (AvgIpc) is 2.39. The number of hydrogen-bond donors (Lipinski definition) is 1. The Balaban J connectivity index is 2.17. The molecule has 0 bridgehead atoms. The highest BCUT2D eigenvalue weighted by Crippen LogP contribution is 2.22. The van der Waals surface area contributed by atoms with E-state index in [1.165, 1.54) is 0 Å². The molecular formula is C13H10N4. The van der Waals surface area contributed by atoms with Gasteiger partial charge in [0.2, 0.25) is 5.95 Å². The summed E-state index contributed by atoms with van der Waals surface area (Å²) in [7, 11) is 0. The zero-order valence-corrected chi connectivity index (χ0v) is 9.04. The van der Waals surface area contributed by atoms with Crippen LogP contribution in [0.1, 0.15) is 0 Å². The van der Waals surface area contributed by atoms with E-state index < -0.39 is 0 Å². The van der Waals surface area contributed by atoms with Crippen LogP contribution in [0.15, 0.2) is 48.9 Å². The zero-order valence-electron chi connectivity index (χ0n) is 9.04. The van der Waals surface area contributed by atoms with E-state index in [0.717, 1.165) is 22.0 Å². The predicted octanol–water partition coefficient (Wildman–Crippen LogP) is 2.27. The van der Waals surface area contributed by atoms with Gasteiger partial charge in [-0.05, 0) is 23.8 Å². The quantitative estimate of drug-likeness (QED) is 0.686. The van der Waals surface area contributed by atoms with Gasteiger partial charge < -0.3 is 5.73 Å². The maximum atomic E-state index is 5.54. The highest BCUT2D eigenvalue weighted by atomic mass is 15.0. The van der Waals surface area contributed by atoms with E-state index >= 15 is 0 Å². The van der Waals surface area contributed by atoms with Crippen molar-refractivity contribution >= 4 is 16.9 Å². The lowest BCUT2D eigenvalue weighted by atomic mass is 10.1. The summed E-state index contributed by atoms with van der Waals surface area (Å²) < 4.78 is 0. The Hall–Kier alpha value is -2.49. The molecule has 1 aromatic carbocycles. The summed E-state index contributed by atoms with van der Waals surface area (Å²) in [6, 6.07) is 9.92. The molecule has 0 amide bonds. The second kappa shape index (κ2) is 3.83. The van der Waals surface area contributed by atoms with Crippen LogP contribution in [0.4, 0.5) is 5.95 Å². The highest BCUT2D eigenvalue weighted by molar-refractivity contribution is 5.84. The minimum absolute atomic E-state index is 0.298. The molecule has 4 heteroatoms. The summed E-state index contributed by atoms with van der Waals surface area (Å²) in [4.78, 5) is 12.3. The van der Waals surface area contributed by atoms with Crippen LogP contribution in [0, 0.1) is 0 Å². The SMILES string of the molecule is Nc1ncc2cc(-c3cccnc3)ccc2n1. The van der Waals surface area contributed by atoms with Crippen LogP contribution in [0.25, 0.3) is 22.0 Å². The van der Waals surface area contributed by atoms with Gasteiger partial charge >= 0.3 is 0 Å². The Morgan fingerprint density at radius 2 is 1.94 bits per heavy atom. The summed E-state index contributed by atoms with van der Waals surface area (Å²) in [5.41, 5.74) is 8.56. The van der Waals surface area contributed by atoms with E-state index in [1.807, 2.05) is 36.5 Å². The van der Waals surface area contributed by atoms with Gasteiger partial charge in [0, 0.05) is 29.5 Å². The molecule has 2 heterocycles. The summed E-state index contributed by atoms with van der Waals surface area (Å²) in [5.74, 6) is 0.298. The van der Waals surface area contributed by atoms with Crippen LogP contribution in [0.5, 0.6) is 0 Å². The van der Waals surface area contributed by atoms with Crippen molar-refractivity contribution in [3.05, 3.63) is 48.9 Å². The second-order valence-corrected chi connectivity index (χ2v) is 3.74. The molecule has 0 fully saturated rings. The Morgan fingerprint density at radius 1 is 1.00 bits per heavy atom. The third kappa shape index (κ3) is 1.80. The molecule has 82 valence electrons. The fourth-order valence-electron chi connectivity index (χ4n) is 1.76. The van der Waals surface area contributed by atoms with Crippen molar-refractivity contribution in [3.8, 4) is 11.1 Å². The van der Waals surface area contributed by atoms with E-state index in [0.29, 0.717) is 5.95 Å². The van der Waals surface area contributed by atoms with Crippen molar-refractivity contribution in [1.29, 1.82) is 0 Å². The smallest absolute Gasteiger partial charge is 0.220 e. The van der Waals surface area contributed by atoms with Crippen LogP contribution in [-0.2, 0) is 0 Å². The summed E-state index contributed by atoms with van der Waals surface area (Å²) >= 11 is 0. The molecule has 0 spiro atoms. The third-order valence-corrected chi connectivity index (χ3v) is 2.59. The monoisotopic (exact) mass is 222 g/mol. The number of pyridine rings is 1. The molecule has 4 nitrogen and oxygen atoms in total. The topological polar surface area (TPSA) is 64.7 Å². The maximum absolute atomic E-state index is 5.54. The number of nitrogens with zero attached hydrogens (tertiary/aromatic N) is 3. The molecule has 0 saturated carbocycles. The molecule has 0 aliphatic carbocycles. The van der Waals surface area contributed by atoms with Gasteiger partial charge in [-0.25, -0.2) is 9.97 Å². The van der Waals surface area contributed by atoms with Crippen LogP contribution in [0.3, 0.4) is 0 Å². The number of anilines is 1. The molecule has 0 radical (unpaired) electrons. The van der Waals surface area contributed by atoms with Gasteiger partial charge in [0.1, 0.15) is 0 Å². The Bertz CT molecular complexity index is 665. The van der Waals surface area contributed by atoms with Crippen molar-refractivity contribution in [2.75, 3.05) is 5.73 Å². The van der Waals surface area contributed by atoms with Crippen molar-refractivity contribution in [2.24, 2.45) is 0 Å². The first-order chi connectivity index (χ1) is 8.33. The molecule has 0 atom stereocenters. The van der Waals surface area contributed by atoms with Gasteiger partial charge in [0.05, 0.1) is 5.52 Å². The second-order valence-electron chi connectivity index (χ2n) is 3.74. The largest absolute Gasteiger partial charge is 0.368 e. The van der Waals surface area contributed by atoms with Crippen LogP contribution in [0.2, 0.25) is 0 Å². The summed E-state index contributed by atoms with van der Waals surface area (Å²) in [6.45, 7) is 0. The summed E-state index contributed by atoms with van der Waals surface area (Å²) in [5, 5.41) is 0.973. The highest BCUT2D eigenvalue weighted by Gasteiger charge is 2.01. The minimum atomic E-state index is 0.298. The normalized spacial score (nSPS) is 10.6. The van der Waals surface area contributed by atoms with Gasteiger partial charge in [0.15, 0.2) is 0 Å². The number of rotatable bonds is 1. The first kappa shape index (κ1) is 9.72. The standard InChI is InChI=1S/C13H10N4/c14-13-16-8-11-6-9(3-4-12(11)17-13)10-2-1-5-15-7-10/h1-8H,(H2,14,16,17). The number of benzene rings is 1.